The Balaban J connectivity index is 2.25. The van der Waals surface area contributed by atoms with Crippen molar-refractivity contribution >= 4 is 10.0 Å². The molecule has 1 aromatic carbocycles. The van der Waals surface area contributed by atoms with E-state index in [1.165, 1.54) is 12.8 Å². The monoisotopic (exact) mass is 311 g/mol. The summed E-state index contributed by atoms with van der Waals surface area (Å²) in [4.78, 5) is 0.307. The second-order valence-corrected chi connectivity index (χ2v) is 7.59. The van der Waals surface area contributed by atoms with E-state index in [-0.39, 0.29) is 12.6 Å². The predicted molar refractivity (Wildman–Crippen MR) is 83.5 cm³/mol. The number of hydrogen-bond acceptors (Lipinski definition) is 3. The van der Waals surface area contributed by atoms with Gasteiger partial charge in [-0.2, -0.15) is 0 Å². The van der Waals surface area contributed by atoms with Crippen molar-refractivity contribution in [3.8, 4) is 0 Å². The molecule has 1 aliphatic carbocycles. The summed E-state index contributed by atoms with van der Waals surface area (Å²) in [5, 5.41) is 9.23. The molecule has 0 aliphatic heterocycles. The Morgan fingerprint density at radius 1 is 1.33 bits per heavy atom. The van der Waals surface area contributed by atoms with Crippen LogP contribution in [0, 0.1) is 5.92 Å². The van der Waals surface area contributed by atoms with E-state index in [9.17, 15) is 13.5 Å². The lowest BCUT2D eigenvalue weighted by molar-refractivity contribution is 0.281. The van der Waals surface area contributed by atoms with E-state index >= 15 is 0 Å². The van der Waals surface area contributed by atoms with Crippen molar-refractivity contribution in [2.75, 3.05) is 0 Å². The average Bonchev–Trinajstić information content (AvgIpc) is 3.00. The molecule has 0 spiro atoms. The van der Waals surface area contributed by atoms with Gasteiger partial charge in [0.05, 0.1) is 11.5 Å². The fourth-order valence-electron chi connectivity index (χ4n) is 3.10. The van der Waals surface area contributed by atoms with Crippen molar-refractivity contribution in [3.63, 3.8) is 0 Å². The molecule has 0 amide bonds. The first kappa shape index (κ1) is 16.5. The summed E-state index contributed by atoms with van der Waals surface area (Å²) < 4.78 is 28.1. The summed E-state index contributed by atoms with van der Waals surface area (Å²) in [5.74, 6) is 0.436. The van der Waals surface area contributed by atoms with E-state index in [0.717, 1.165) is 18.4 Å². The molecule has 1 saturated carbocycles. The van der Waals surface area contributed by atoms with Crippen molar-refractivity contribution in [1.82, 2.24) is 4.72 Å². The van der Waals surface area contributed by atoms with Gasteiger partial charge >= 0.3 is 0 Å². The van der Waals surface area contributed by atoms with Crippen LogP contribution in [0.1, 0.15) is 50.7 Å². The van der Waals surface area contributed by atoms with Crippen molar-refractivity contribution in [2.24, 2.45) is 5.92 Å². The summed E-state index contributed by atoms with van der Waals surface area (Å²) in [6.45, 7) is 3.74. The summed E-state index contributed by atoms with van der Waals surface area (Å²) >= 11 is 0. The first-order valence-corrected chi connectivity index (χ1v) is 9.21. The van der Waals surface area contributed by atoms with Gasteiger partial charge in [-0.1, -0.05) is 31.9 Å². The highest BCUT2D eigenvalue weighted by Crippen LogP contribution is 2.28. The third-order valence-corrected chi connectivity index (χ3v) is 6.07. The van der Waals surface area contributed by atoms with Gasteiger partial charge in [0.1, 0.15) is 0 Å². The Morgan fingerprint density at radius 2 is 2.00 bits per heavy atom. The molecule has 118 valence electrons. The molecule has 1 unspecified atom stereocenters. The Bertz CT molecular complexity index is 577. The summed E-state index contributed by atoms with van der Waals surface area (Å²) in [7, 11) is -3.53. The summed E-state index contributed by atoms with van der Waals surface area (Å²) in [5.41, 5.74) is 1.42. The van der Waals surface area contributed by atoms with Crippen molar-refractivity contribution in [3.05, 3.63) is 29.3 Å². The highest BCUT2D eigenvalue weighted by molar-refractivity contribution is 7.89. The molecule has 4 nitrogen and oxygen atoms in total. The largest absolute Gasteiger partial charge is 0.392 e. The van der Waals surface area contributed by atoms with E-state index in [2.05, 4.69) is 4.72 Å². The molecule has 5 heteroatoms. The minimum Gasteiger partial charge on any atom is -0.392 e. The molecular weight excluding hydrogens is 286 g/mol. The van der Waals surface area contributed by atoms with Crippen LogP contribution in [-0.4, -0.2) is 19.6 Å². The van der Waals surface area contributed by atoms with Crippen LogP contribution >= 0.6 is 0 Å². The van der Waals surface area contributed by atoms with Gasteiger partial charge in [-0.05, 0) is 49.3 Å². The molecule has 1 atom stereocenters. The molecule has 0 radical (unpaired) electrons. The zero-order chi connectivity index (χ0) is 15.5. The molecular formula is C16H25NO3S. The zero-order valence-electron chi connectivity index (χ0n) is 12.8. The van der Waals surface area contributed by atoms with Gasteiger partial charge in [0.2, 0.25) is 10.0 Å². The SMILES string of the molecule is CCc1ccc(CO)cc1S(=O)(=O)NC(C)C1CCCC1. The maximum Gasteiger partial charge on any atom is 0.241 e. The van der Waals surface area contributed by atoms with Crippen LogP contribution in [0.4, 0.5) is 0 Å². The fourth-order valence-corrected chi connectivity index (χ4v) is 4.77. The highest BCUT2D eigenvalue weighted by atomic mass is 32.2. The van der Waals surface area contributed by atoms with Crippen LogP contribution in [0.15, 0.2) is 23.1 Å². The van der Waals surface area contributed by atoms with E-state index in [1.54, 1.807) is 18.2 Å². The quantitative estimate of drug-likeness (QED) is 0.848. The summed E-state index contributed by atoms with van der Waals surface area (Å²) in [6, 6.07) is 5.11. The van der Waals surface area contributed by atoms with Gasteiger partial charge in [0.15, 0.2) is 0 Å². The Morgan fingerprint density at radius 3 is 2.57 bits per heavy atom. The number of benzene rings is 1. The van der Waals surface area contributed by atoms with Crippen LogP contribution in [0.2, 0.25) is 0 Å². The Labute approximate surface area is 127 Å². The number of nitrogens with one attached hydrogen (secondary N) is 1. The molecule has 1 aliphatic rings. The minimum absolute atomic E-state index is 0.0417. The molecule has 21 heavy (non-hydrogen) atoms. The van der Waals surface area contributed by atoms with Gasteiger partial charge in [0, 0.05) is 6.04 Å². The molecule has 0 aromatic heterocycles. The van der Waals surface area contributed by atoms with Crippen LogP contribution in [-0.2, 0) is 23.1 Å². The molecule has 1 aromatic rings. The van der Waals surface area contributed by atoms with Gasteiger partial charge < -0.3 is 5.11 Å². The van der Waals surface area contributed by atoms with Gasteiger partial charge in [-0.25, -0.2) is 13.1 Å². The number of rotatable bonds is 6. The maximum atomic E-state index is 12.7. The summed E-state index contributed by atoms with van der Waals surface area (Å²) in [6.07, 6.45) is 5.23. The van der Waals surface area contributed by atoms with E-state index < -0.39 is 10.0 Å². The molecule has 0 bridgehead atoms. The molecule has 2 N–H and O–H groups in total. The van der Waals surface area contributed by atoms with Crippen LogP contribution in [0.5, 0.6) is 0 Å². The van der Waals surface area contributed by atoms with Crippen molar-refractivity contribution in [1.29, 1.82) is 0 Å². The number of aryl methyl sites for hydroxylation is 1. The van der Waals surface area contributed by atoms with Gasteiger partial charge in [0.25, 0.3) is 0 Å². The molecule has 2 rings (SSSR count). The lowest BCUT2D eigenvalue weighted by atomic mass is 10.0. The number of sulfonamides is 1. The second kappa shape index (κ2) is 6.90. The molecule has 0 saturated heterocycles. The van der Waals surface area contributed by atoms with Gasteiger partial charge in [-0.3, -0.25) is 0 Å². The topological polar surface area (TPSA) is 66.4 Å². The number of aliphatic hydroxyl groups excluding tert-OH is 1. The Kier molecular flexibility index (Phi) is 5.41. The van der Waals surface area contributed by atoms with Crippen molar-refractivity contribution < 1.29 is 13.5 Å². The van der Waals surface area contributed by atoms with Crippen LogP contribution in [0.3, 0.4) is 0 Å². The number of hydrogen-bond donors (Lipinski definition) is 2. The van der Waals surface area contributed by atoms with Gasteiger partial charge in [-0.15, -0.1) is 0 Å². The molecule has 1 fully saturated rings. The second-order valence-electron chi connectivity index (χ2n) is 5.91. The number of aliphatic hydroxyl groups is 1. The Hall–Kier alpha value is -0.910. The minimum atomic E-state index is -3.53. The standard InChI is InChI=1S/C16H25NO3S/c1-3-14-9-8-13(11-18)10-16(14)21(19,20)17-12(2)15-6-4-5-7-15/h8-10,12,15,17-18H,3-7,11H2,1-2H3. The maximum absolute atomic E-state index is 12.7. The average molecular weight is 311 g/mol. The highest BCUT2D eigenvalue weighted by Gasteiger charge is 2.27. The first-order valence-electron chi connectivity index (χ1n) is 7.73. The van der Waals surface area contributed by atoms with Crippen LogP contribution < -0.4 is 4.72 Å². The smallest absolute Gasteiger partial charge is 0.241 e. The zero-order valence-corrected chi connectivity index (χ0v) is 13.6. The van der Waals surface area contributed by atoms with E-state index in [1.807, 2.05) is 13.8 Å². The normalized spacial score (nSPS) is 18.0. The van der Waals surface area contributed by atoms with Crippen molar-refractivity contribution in [2.45, 2.75) is 63.5 Å². The lowest BCUT2D eigenvalue weighted by Crippen LogP contribution is -2.37. The third kappa shape index (κ3) is 3.84. The predicted octanol–water partition coefficient (Wildman–Crippen LogP) is 2.60. The third-order valence-electron chi connectivity index (χ3n) is 4.43. The lowest BCUT2D eigenvalue weighted by Gasteiger charge is -2.21. The molecule has 0 heterocycles. The van der Waals surface area contributed by atoms with Crippen LogP contribution in [0.25, 0.3) is 0 Å². The van der Waals surface area contributed by atoms with E-state index in [4.69, 9.17) is 0 Å². The van der Waals surface area contributed by atoms with E-state index in [0.29, 0.717) is 22.8 Å². The first-order chi connectivity index (χ1) is 9.97. The fraction of sp³-hybridized carbons (Fsp3) is 0.625.